The molecule has 1 N–H and O–H groups in total. The summed E-state index contributed by atoms with van der Waals surface area (Å²) in [5, 5.41) is 4.95. The Labute approximate surface area is 165 Å². The molecule has 0 radical (unpaired) electrons. The molecule has 0 saturated carbocycles. The first-order valence-corrected chi connectivity index (χ1v) is 13.1. The number of carbonyl (C=O) groups is 2. The number of thiophene rings is 1. The first-order valence-electron chi connectivity index (χ1n) is 9.48. The van der Waals surface area contributed by atoms with Gasteiger partial charge in [0, 0.05) is 0 Å². The molecular weight excluding hydrogens is 377 g/mol. The molecule has 1 aromatic carbocycles. The van der Waals surface area contributed by atoms with Crippen molar-refractivity contribution in [2.45, 2.75) is 38.5 Å². The first-order chi connectivity index (χ1) is 13.0. The van der Waals surface area contributed by atoms with Crippen LogP contribution in [0.4, 0.5) is 5.69 Å². The summed E-state index contributed by atoms with van der Waals surface area (Å²) in [6.07, 6.45) is 5.89. The van der Waals surface area contributed by atoms with Crippen LogP contribution < -0.4 is 5.32 Å². The summed E-state index contributed by atoms with van der Waals surface area (Å²) >= 11 is 1.32. The monoisotopic (exact) mass is 405 g/mol. The first kappa shape index (κ1) is 20.0. The molecule has 2 aromatic rings. The van der Waals surface area contributed by atoms with Gasteiger partial charge < -0.3 is 0 Å². The van der Waals surface area contributed by atoms with E-state index < -0.39 is 13.2 Å². The van der Waals surface area contributed by atoms with Crippen molar-refractivity contribution in [1.82, 2.24) is 0 Å². The second-order valence-electron chi connectivity index (χ2n) is 7.56. The van der Waals surface area contributed by atoms with Crippen molar-refractivity contribution in [3.8, 4) is 0 Å². The van der Waals surface area contributed by atoms with Gasteiger partial charge in [-0.05, 0) is 0 Å². The summed E-state index contributed by atoms with van der Waals surface area (Å²) in [6.45, 7) is 4.01. The van der Waals surface area contributed by atoms with Crippen LogP contribution in [0.3, 0.4) is 0 Å². The van der Waals surface area contributed by atoms with Crippen molar-refractivity contribution in [3.63, 3.8) is 0 Å². The van der Waals surface area contributed by atoms with Crippen LogP contribution in [0.5, 0.6) is 0 Å². The zero-order valence-corrected chi connectivity index (χ0v) is 18.0. The molecule has 1 fully saturated rings. The molecule has 1 aliphatic rings. The van der Waals surface area contributed by atoms with E-state index in [1.165, 1.54) is 49.2 Å². The third kappa shape index (κ3) is 4.25. The summed E-state index contributed by atoms with van der Waals surface area (Å²) in [5.74, 6) is -0.348. The Morgan fingerprint density at radius 1 is 1.22 bits per heavy atom. The molecule has 0 spiro atoms. The summed E-state index contributed by atoms with van der Waals surface area (Å²) in [5.41, 5.74) is 2.87. The number of aryl methyl sites for hydroxylation is 1. The van der Waals surface area contributed by atoms with Gasteiger partial charge in [-0.15, -0.1) is 0 Å². The minimum absolute atomic E-state index is 0.00463. The molecule has 146 valence electrons. The number of rotatable bonds is 6. The molecule has 27 heavy (non-hydrogen) atoms. The predicted molar refractivity (Wildman–Crippen MR) is 116 cm³/mol. The number of benzene rings is 1. The molecular formula is C21H28NO3PS. The molecule has 0 aliphatic carbocycles. The minimum atomic E-state index is -1.77. The number of amides is 1. The van der Waals surface area contributed by atoms with Crippen molar-refractivity contribution in [1.29, 1.82) is 0 Å². The van der Waals surface area contributed by atoms with Crippen molar-refractivity contribution >= 4 is 36.2 Å². The molecule has 1 aliphatic heterocycles. The number of hydrogen-bond acceptors (Lipinski definition) is 4. The Kier molecular flexibility index (Phi) is 6.33. The Balaban J connectivity index is 1.81. The topological polar surface area (TPSA) is 55.4 Å². The molecule has 0 bridgehead atoms. The van der Waals surface area contributed by atoms with Crippen molar-refractivity contribution < 1.29 is 14.3 Å². The maximum atomic E-state index is 13.2. The second-order valence-corrected chi connectivity index (χ2v) is 13.4. The van der Waals surface area contributed by atoms with E-state index in [9.17, 15) is 9.59 Å². The van der Waals surface area contributed by atoms with E-state index in [1.54, 1.807) is 0 Å². The fourth-order valence-corrected chi connectivity index (χ4v) is 10.5. The van der Waals surface area contributed by atoms with Crippen LogP contribution in [-0.2, 0) is 15.7 Å². The van der Waals surface area contributed by atoms with Crippen LogP contribution in [-0.4, -0.2) is 37.0 Å². The molecule has 1 saturated heterocycles. The number of nitrogens with one attached hydrogen (secondary N) is 1. The third-order valence-electron chi connectivity index (χ3n) is 5.90. The number of hydrogen-bond donors (Lipinski definition) is 1. The molecule has 6 heteroatoms. The van der Waals surface area contributed by atoms with E-state index in [4.69, 9.17) is 4.74 Å². The fourth-order valence-electron chi connectivity index (χ4n) is 4.20. The van der Waals surface area contributed by atoms with Gasteiger partial charge in [-0.1, -0.05) is 0 Å². The average Bonchev–Trinajstić information content (AvgIpc) is 3.29. The van der Waals surface area contributed by atoms with Crippen LogP contribution in [0.25, 0.3) is 0 Å². The normalized spacial score (nSPS) is 17.9. The van der Waals surface area contributed by atoms with E-state index in [-0.39, 0.29) is 11.6 Å². The molecule has 3 rings (SSSR count). The van der Waals surface area contributed by atoms with Crippen molar-refractivity contribution in [2.75, 3.05) is 24.8 Å². The van der Waals surface area contributed by atoms with Gasteiger partial charge in [0.2, 0.25) is 0 Å². The second kappa shape index (κ2) is 8.53. The number of ether oxygens (including phenoxy) is 1. The van der Waals surface area contributed by atoms with E-state index in [1.807, 2.05) is 18.4 Å². The maximum absolute atomic E-state index is 13.2. The van der Waals surface area contributed by atoms with E-state index in [0.29, 0.717) is 10.6 Å². The van der Waals surface area contributed by atoms with Crippen LogP contribution in [0.1, 0.15) is 40.6 Å². The fraction of sp³-hybridized carbons (Fsp3) is 0.429. The van der Waals surface area contributed by atoms with Gasteiger partial charge in [0.05, 0.1) is 0 Å². The van der Waals surface area contributed by atoms with Gasteiger partial charge >= 0.3 is 165 Å². The molecule has 1 aromatic heterocycles. The SMILES string of the molecule is COC(=O)c1scc(C)c1NC(=O)C(C)[PH]1(Cc2ccccc2)CCCC1. The molecule has 1 unspecified atom stereocenters. The number of esters is 1. The van der Waals surface area contributed by atoms with E-state index >= 15 is 0 Å². The summed E-state index contributed by atoms with van der Waals surface area (Å²) in [4.78, 5) is 25.7. The van der Waals surface area contributed by atoms with Gasteiger partial charge in [-0.3, -0.25) is 0 Å². The standard InChI is InChI=1S/C21H28NO3PS/c1-15-14-27-19(21(24)25-3)18(15)22-20(23)16(2)26(11-7-8-12-26)13-17-9-5-4-6-10-17/h4-6,9-10,14,16,26H,7-8,11-13H2,1-3H3,(H,22,23). The van der Waals surface area contributed by atoms with Crippen LogP contribution in [0.2, 0.25) is 0 Å². The van der Waals surface area contributed by atoms with Gasteiger partial charge in [0.15, 0.2) is 0 Å². The van der Waals surface area contributed by atoms with Crippen LogP contribution >= 0.6 is 18.6 Å². The van der Waals surface area contributed by atoms with E-state index in [2.05, 4.69) is 36.5 Å². The van der Waals surface area contributed by atoms with Crippen LogP contribution in [0, 0.1) is 6.92 Å². The zero-order valence-electron chi connectivity index (χ0n) is 16.2. The predicted octanol–water partition coefficient (Wildman–Crippen LogP) is 4.91. The van der Waals surface area contributed by atoms with Gasteiger partial charge in [-0.2, -0.15) is 0 Å². The Morgan fingerprint density at radius 2 is 1.89 bits per heavy atom. The van der Waals surface area contributed by atoms with Crippen molar-refractivity contribution in [3.05, 3.63) is 51.7 Å². The number of carbonyl (C=O) groups excluding carboxylic acids is 2. The van der Waals surface area contributed by atoms with Gasteiger partial charge in [0.25, 0.3) is 0 Å². The summed E-state index contributed by atoms with van der Waals surface area (Å²) in [7, 11) is -0.401. The molecule has 1 amide bonds. The van der Waals surface area contributed by atoms with Gasteiger partial charge in [-0.25, -0.2) is 0 Å². The molecule has 2 heterocycles. The van der Waals surface area contributed by atoms with Gasteiger partial charge in [0.1, 0.15) is 0 Å². The number of methoxy groups -OCH3 is 1. The zero-order chi connectivity index (χ0) is 19.4. The molecule has 1 atom stereocenters. The Hall–Kier alpha value is -1.71. The average molecular weight is 406 g/mol. The Morgan fingerprint density at radius 3 is 2.52 bits per heavy atom. The van der Waals surface area contributed by atoms with Crippen LogP contribution in [0.15, 0.2) is 35.7 Å². The quantitative estimate of drug-likeness (QED) is 0.549. The van der Waals surface area contributed by atoms with Crippen molar-refractivity contribution in [2.24, 2.45) is 0 Å². The Bertz CT molecular complexity index is 812. The number of anilines is 1. The third-order valence-corrected chi connectivity index (χ3v) is 12.9. The van der Waals surface area contributed by atoms with E-state index in [0.717, 1.165) is 11.7 Å². The summed E-state index contributed by atoms with van der Waals surface area (Å²) < 4.78 is 4.86. The summed E-state index contributed by atoms with van der Waals surface area (Å²) in [6, 6.07) is 10.5. The molecule has 4 nitrogen and oxygen atoms in total.